The Kier molecular flexibility index (Phi) is 6.13. The maximum absolute atomic E-state index is 12.3. The molecular formula is C20H20N2O4S. The topological polar surface area (TPSA) is 75.7 Å². The zero-order chi connectivity index (χ0) is 19.2. The van der Waals surface area contributed by atoms with Crippen LogP contribution in [0.3, 0.4) is 0 Å². The molecule has 0 atom stereocenters. The van der Waals surface area contributed by atoms with Crippen molar-refractivity contribution >= 4 is 29.5 Å². The van der Waals surface area contributed by atoms with Crippen molar-refractivity contribution in [2.24, 2.45) is 0 Å². The van der Waals surface area contributed by atoms with Crippen LogP contribution in [0, 0.1) is 0 Å². The minimum atomic E-state index is -0.265. The summed E-state index contributed by atoms with van der Waals surface area (Å²) < 4.78 is 5.15. The van der Waals surface area contributed by atoms with Gasteiger partial charge in [-0.25, -0.2) is 0 Å². The number of benzene rings is 2. The van der Waals surface area contributed by atoms with Gasteiger partial charge in [0.05, 0.1) is 24.0 Å². The standard InChI is InChI=1S/C20H20N2O4S/c1-26-15-6-4-5-14(11-15)12-21-18(23)13-27-10-9-22-19(24)16-7-2-3-8-17(16)20(22)25/h2-8,11H,9-10,12-13H2,1H3,(H,21,23). The minimum absolute atomic E-state index is 0.0924. The van der Waals surface area contributed by atoms with Crippen LogP contribution < -0.4 is 10.1 Å². The highest BCUT2D eigenvalue weighted by Gasteiger charge is 2.34. The largest absolute Gasteiger partial charge is 0.497 e. The van der Waals surface area contributed by atoms with Gasteiger partial charge in [-0.1, -0.05) is 24.3 Å². The molecule has 0 radical (unpaired) electrons. The van der Waals surface area contributed by atoms with E-state index in [9.17, 15) is 14.4 Å². The summed E-state index contributed by atoms with van der Waals surface area (Å²) >= 11 is 1.39. The number of amides is 3. The van der Waals surface area contributed by atoms with Crippen molar-refractivity contribution in [1.82, 2.24) is 10.2 Å². The van der Waals surface area contributed by atoms with E-state index in [2.05, 4.69) is 5.32 Å². The fourth-order valence-corrected chi connectivity index (χ4v) is 3.54. The number of hydrogen-bond acceptors (Lipinski definition) is 5. The normalized spacial score (nSPS) is 12.9. The maximum Gasteiger partial charge on any atom is 0.261 e. The molecule has 27 heavy (non-hydrogen) atoms. The van der Waals surface area contributed by atoms with E-state index in [0.29, 0.717) is 30.0 Å². The lowest BCUT2D eigenvalue weighted by atomic mass is 10.1. The first-order valence-electron chi connectivity index (χ1n) is 8.52. The third-order valence-electron chi connectivity index (χ3n) is 4.19. The van der Waals surface area contributed by atoms with Crippen LogP contribution in [0.4, 0.5) is 0 Å². The van der Waals surface area contributed by atoms with Gasteiger partial charge in [-0.05, 0) is 29.8 Å². The summed E-state index contributed by atoms with van der Waals surface area (Å²) in [5.41, 5.74) is 1.85. The van der Waals surface area contributed by atoms with Crippen LogP contribution in [0.1, 0.15) is 26.3 Å². The number of imide groups is 1. The molecule has 0 aromatic heterocycles. The van der Waals surface area contributed by atoms with Gasteiger partial charge in [0.15, 0.2) is 0 Å². The zero-order valence-corrected chi connectivity index (χ0v) is 15.8. The fourth-order valence-electron chi connectivity index (χ4n) is 2.80. The second-order valence-electron chi connectivity index (χ2n) is 5.99. The number of methoxy groups -OCH3 is 1. The number of rotatable bonds is 8. The number of carbonyl (C=O) groups excluding carboxylic acids is 3. The van der Waals surface area contributed by atoms with Crippen molar-refractivity contribution in [1.29, 1.82) is 0 Å². The molecule has 0 saturated heterocycles. The Morgan fingerprint density at radius 2 is 1.78 bits per heavy atom. The Bertz CT molecular complexity index is 834. The molecule has 1 N–H and O–H groups in total. The van der Waals surface area contributed by atoms with Gasteiger partial charge < -0.3 is 10.1 Å². The molecule has 1 heterocycles. The van der Waals surface area contributed by atoms with Gasteiger partial charge in [0.25, 0.3) is 11.8 Å². The lowest BCUT2D eigenvalue weighted by molar-refractivity contribution is -0.118. The molecule has 0 bridgehead atoms. The van der Waals surface area contributed by atoms with Crippen molar-refractivity contribution in [2.75, 3.05) is 25.2 Å². The zero-order valence-electron chi connectivity index (χ0n) is 14.9. The maximum atomic E-state index is 12.3. The van der Waals surface area contributed by atoms with Crippen molar-refractivity contribution in [2.45, 2.75) is 6.54 Å². The molecular weight excluding hydrogens is 364 g/mol. The Morgan fingerprint density at radius 1 is 1.07 bits per heavy atom. The summed E-state index contributed by atoms with van der Waals surface area (Å²) in [6.45, 7) is 0.717. The fraction of sp³-hybridized carbons (Fsp3) is 0.250. The first-order chi connectivity index (χ1) is 13.1. The Labute approximate surface area is 161 Å². The molecule has 7 heteroatoms. The van der Waals surface area contributed by atoms with Crippen molar-refractivity contribution in [3.63, 3.8) is 0 Å². The average Bonchev–Trinajstić information content (AvgIpc) is 2.94. The highest BCUT2D eigenvalue weighted by Crippen LogP contribution is 2.22. The number of carbonyl (C=O) groups is 3. The highest BCUT2D eigenvalue weighted by molar-refractivity contribution is 7.99. The minimum Gasteiger partial charge on any atom is -0.497 e. The van der Waals surface area contributed by atoms with E-state index >= 15 is 0 Å². The van der Waals surface area contributed by atoms with Gasteiger partial charge in [0.2, 0.25) is 5.91 Å². The van der Waals surface area contributed by atoms with Crippen LogP contribution >= 0.6 is 11.8 Å². The Morgan fingerprint density at radius 3 is 2.44 bits per heavy atom. The van der Waals surface area contributed by atoms with Crippen LogP contribution in [0.5, 0.6) is 5.75 Å². The van der Waals surface area contributed by atoms with Gasteiger partial charge in [-0.15, -0.1) is 0 Å². The predicted molar refractivity (Wildman–Crippen MR) is 104 cm³/mol. The summed E-state index contributed by atoms with van der Waals surface area (Å²) in [5, 5.41) is 2.85. The van der Waals surface area contributed by atoms with Gasteiger partial charge in [0, 0.05) is 18.8 Å². The van der Waals surface area contributed by atoms with E-state index in [1.807, 2.05) is 24.3 Å². The Hall–Kier alpha value is -2.80. The van der Waals surface area contributed by atoms with E-state index in [4.69, 9.17) is 4.74 Å². The molecule has 3 amide bonds. The number of nitrogens with one attached hydrogen (secondary N) is 1. The third kappa shape index (κ3) is 4.49. The van der Waals surface area contributed by atoms with E-state index in [1.165, 1.54) is 16.7 Å². The third-order valence-corrected chi connectivity index (χ3v) is 5.13. The smallest absolute Gasteiger partial charge is 0.261 e. The summed E-state index contributed by atoms with van der Waals surface area (Å²) in [7, 11) is 1.60. The molecule has 0 fully saturated rings. The van der Waals surface area contributed by atoms with Crippen LogP contribution in [0.25, 0.3) is 0 Å². The van der Waals surface area contributed by atoms with Crippen LogP contribution in [0.15, 0.2) is 48.5 Å². The summed E-state index contributed by atoms with van der Waals surface area (Å²) in [6, 6.07) is 14.3. The molecule has 2 aromatic rings. The van der Waals surface area contributed by atoms with Crippen LogP contribution in [-0.4, -0.2) is 47.8 Å². The molecule has 2 aromatic carbocycles. The highest BCUT2D eigenvalue weighted by atomic mass is 32.2. The lowest BCUT2D eigenvalue weighted by Gasteiger charge is -2.13. The SMILES string of the molecule is COc1cccc(CNC(=O)CSCCN2C(=O)c3ccccc3C2=O)c1. The molecule has 1 aliphatic rings. The molecule has 140 valence electrons. The average molecular weight is 384 g/mol. The van der Waals surface area contributed by atoms with Crippen molar-refractivity contribution < 1.29 is 19.1 Å². The van der Waals surface area contributed by atoms with Crippen LogP contribution in [-0.2, 0) is 11.3 Å². The van der Waals surface area contributed by atoms with E-state index in [0.717, 1.165) is 11.3 Å². The van der Waals surface area contributed by atoms with Crippen molar-refractivity contribution in [3.8, 4) is 5.75 Å². The molecule has 0 unspecified atom stereocenters. The molecule has 0 saturated carbocycles. The first kappa shape index (κ1) is 19.0. The van der Waals surface area contributed by atoms with Gasteiger partial charge >= 0.3 is 0 Å². The van der Waals surface area contributed by atoms with Gasteiger partial charge in [-0.2, -0.15) is 11.8 Å². The van der Waals surface area contributed by atoms with E-state index in [-0.39, 0.29) is 23.5 Å². The monoisotopic (exact) mass is 384 g/mol. The molecule has 6 nitrogen and oxygen atoms in total. The van der Waals surface area contributed by atoms with Crippen LogP contribution in [0.2, 0.25) is 0 Å². The predicted octanol–water partition coefficient (Wildman–Crippen LogP) is 2.34. The quantitative estimate of drug-likeness (QED) is 0.559. The first-order valence-corrected chi connectivity index (χ1v) is 9.68. The van der Waals surface area contributed by atoms with Gasteiger partial charge in [-0.3, -0.25) is 19.3 Å². The second kappa shape index (κ2) is 8.73. The number of nitrogens with zero attached hydrogens (tertiary/aromatic N) is 1. The van der Waals surface area contributed by atoms with Crippen molar-refractivity contribution in [3.05, 3.63) is 65.2 Å². The molecule has 0 aliphatic carbocycles. The molecule has 0 spiro atoms. The molecule has 3 rings (SSSR count). The van der Waals surface area contributed by atoms with Gasteiger partial charge in [0.1, 0.15) is 5.75 Å². The summed E-state index contributed by atoms with van der Waals surface area (Å²) in [6.07, 6.45) is 0. The second-order valence-corrected chi connectivity index (χ2v) is 7.09. The number of ether oxygens (including phenoxy) is 1. The molecule has 1 aliphatic heterocycles. The summed E-state index contributed by atoms with van der Waals surface area (Å²) in [5.74, 6) is 0.908. The lowest BCUT2D eigenvalue weighted by Crippen LogP contribution is -2.32. The number of thioether (sulfide) groups is 1. The Balaban J connectivity index is 1.40. The van der Waals surface area contributed by atoms with E-state index < -0.39 is 0 Å². The number of hydrogen-bond donors (Lipinski definition) is 1. The summed E-state index contributed by atoms with van der Waals surface area (Å²) in [4.78, 5) is 37.7. The number of fused-ring (bicyclic) bond motifs is 1. The van der Waals surface area contributed by atoms with E-state index in [1.54, 1.807) is 31.4 Å².